The van der Waals surface area contributed by atoms with Gasteiger partial charge in [0.2, 0.25) is 0 Å². The summed E-state index contributed by atoms with van der Waals surface area (Å²) in [5, 5.41) is 5.82. The largest absolute Gasteiger partial charge is 0.272 e. The Labute approximate surface area is 204 Å². The van der Waals surface area contributed by atoms with Crippen LogP contribution in [0.1, 0.15) is 11.1 Å². The number of hydrazone groups is 1. The van der Waals surface area contributed by atoms with Crippen molar-refractivity contribution in [1.29, 1.82) is 0 Å². The number of aryl methyl sites for hydroxylation is 1. The molecule has 4 rings (SSSR count). The molecule has 6 nitrogen and oxygen atoms in total. The van der Waals surface area contributed by atoms with E-state index in [2.05, 4.69) is 15.5 Å². The number of fused-ring (bicyclic) bond motifs is 1. The number of hydrogen-bond donors (Lipinski definition) is 1. The number of aromatic nitrogens is 2. The third-order valence-corrected chi connectivity index (χ3v) is 6.23. The Bertz CT molecular complexity index is 1420. The van der Waals surface area contributed by atoms with E-state index in [-0.39, 0.29) is 17.2 Å². The van der Waals surface area contributed by atoms with E-state index in [1.54, 1.807) is 36.4 Å². The van der Waals surface area contributed by atoms with Crippen molar-refractivity contribution in [1.82, 2.24) is 15.0 Å². The van der Waals surface area contributed by atoms with Crippen molar-refractivity contribution < 1.29 is 4.79 Å². The molecule has 0 aliphatic heterocycles. The van der Waals surface area contributed by atoms with Gasteiger partial charge in [0.1, 0.15) is 0 Å². The Balaban J connectivity index is 1.55. The molecule has 0 saturated carbocycles. The fraction of sp³-hybridized carbons (Fsp3) is 0.0833. The minimum Gasteiger partial charge on any atom is -0.272 e. The summed E-state index contributed by atoms with van der Waals surface area (Å²) < 4.78 is 1.52. The number of hydrogen-bond acceptors (Lipinski definition) is 5. The maximum Gasteiger partial charge on any atom is 0.266 e. The molecule has 33 heavy (non-hydrogen) atoms. The Morgan fingerprint density at radius 3 is 2.64 bits per heavy atom. The zero-order valence-electron chi connectivity index (χ0n) is 17.5. The van der Waals surface area contributed by atoms with Crippen molar-refractivity contribution in [3.05, 3.63) is 98.3 Å². The molecule has 0 bridgehead atoms. The van der Waals surface area contributed by atoms with Gasteiger partial charge in [-0.25, -0.2) is 10.4 Å². The van der Waals surface area contributed by atoms with E-state index in [0.717, 1.165) is 17.3 Å². The first-order chi connectivity index (χ1) is 15.9. The standard InChI is InChI=1S/C24H18Cl2N4O2S/c1-15-6-10-18(11-7-15)30-23(32)19-4-2-3-5-21(19)28-24(30)33-14-22(31)29-27-13-16-8-9-17(25)12-20(16)26/h2-13H,14H2,1H3,(H,29,31)/b27-13-. The molecule has 4 aromatic rings. The highest BCUT2D eigenvalue weighted by atomic mass is 35.5. The molecule has 1 N–H and O–H groups in total. The molecule has 0 unspecified atom stereocenters. The van der Waals surface area contributed by atoms with Crippen LogP contribution < -0.4 is 11.0 Å². The molecular weight excluding hydrogens is 479 g/mol. The minimum absolute atomic E-state index is 0.0162. The summed E-state index contributed by atoms with van der Waals surface area (Å²) in [5.74, 6) is -0.332. The Hall–Kier alpha value is -3.13. The van der Waals surface area contributed by atoms with Crippen LogP contribution in [0.25, 0.3) is 16.6 Å². The first kappa shape index (κ1) is 23.0. The van der Waals surface area contributed by atoms with E-state index in [0.29, 0.717) is 37.4 Å². The summed E-state index contributed by atoms with van der Waals surface area (Å²) in [6.07, 6.45) is 1.44. The highest BCUT2D eigenvalue weighted by Gasteiger charge is 2.14. The molecule has 3 aromatic carbocycles. The Kier molecular flexibility index (Phi) is 7.13. The van der Waals surface area contributed by atoms with Crippen molar-refractivity contribution in [2.45, 2.75) is 12.1 Å². The molecule has 0 fully saturated rings. The minimum atomic E-state index is -0.348. The fourth-order valence-electron chi connectivity index (χ4n) is 3.07. The molecule has 0 aliphatic rings. The Morgan fingerprint density at radius 2 is 1.88 bits per heavy atom. The van der Waals surface area contributed by atoms with Gasteiger partial charge in [0.25, 0.3) is 11.5 Å². The number of thioether (sulfide) groups is 1. The summed E-state index contributed by atoms with van der Waals surface area (Å²) in [7, 11) is 0. The van der Waals surface area contributed by atoms with E-state index in [1.165, 1.54) is 10.8 Å². The predicted molar refractivity (Wildman–Crippen MR) is 135 cm³/mol. The molecule has 1 amide bonds. The smallest absolute Gasteiger partial charge is 0.266 e. The molecule has 1 heterocycles. The zero-order valence-corrected chi connectivity index (χ0v) is 19.8. The van der Waals surface area contributed by atoms with Gasteiger partial charge in [-0.2, -0.15) is 5.10 Å². The van der Waals surface area contributed by atoms with Crippen molar-refractivity contribution in [2.24, 2.45) is 5.10 Å². The highest BCUT2D eigenvalue weighted by Crippen LogP contribution is 2.22. The second-order valence-corrected chi connectivity index (χ2v) is 8.92. The van der Waals surface area contributed by atoms with Crippen LogP contribution >= 0.6 is 35.0 Å². The van der Waals surface area contributed by atoms with Crippen molar-refractivity contribution >= 4 is 58.0 Å². The average Bonchev–Trinajstić information content (AvgIpc) is 2.80. The number of nitrogens with one attached hydrogen (secondary N) is 1. The van der Waals surface area contributed by atoms with Crippen molar-refractivity contribution in [3.8, 4) is 5.69 Å². The van der Waals surface area contributed by atoms with Gasteiger partial charge in [0.05, 0.1) is 33.6 Å². The SMILES string of the molecule is Cc1ccc(-n2c(SCC(=O)N/N=C\c3ccc(Cl)cc3Cl)nc3ccccc3c2=O)cc1. The topological polar surface area (TPSA) is 76.3 Å². The Morgan fingerprint density at radius 1 is 1.12 bits per heavy atom. The van der Waals surface area contributed by atoms with Crippen LogP contribution in [0.3, 0.4) is 0 Å². The second kappa shape index (κ2) is 10.2. The molecule has 0 aliphatic carbocycles. The summed E-state index contributed by atoms with van der Waals surface area (Å²) in [6.45, 7) is 1.98. The van der Waals surface area contributed by atoms with Gasteiger partial charge in [-0.3, -0.25) is 14.2 Å². The quantitative estimate of drug-likeness (QED) is 0.171. The van der Waals surface area contributed by atoms with E-state index in [4.69, 9.17) is 23.2 Å². The number of nitrogens with zero attached hydrogens (tertiary/aromatic N) is 3. The lowest BCUT2D eigenvalue weighted by Crippen LogP contribution is -2.24. The van der Waals surface area contributed by atoms with Crippen molar-refractivity contribution in [3.63, 3.8) is 0 Å². The number of carbonyl (C=O) groups is 1. The summed E-state index contributed by atoms with van der Waals surface area (Å²) >= 11 is 13.1. The maximum absolute atomic E-state index is 13.2. The van der Waals surface area contributed by atoms with E-state index in [1.807, 2.05) is 37.3 Å². The van der Waals surface area contributed by atoms with E-state index >= 15 is 0 Å². The molecule has 0 atom stereocenters. The highest BCUT2D eigenvalue weighted by molar-refractivity contribution is 7.99. The molecule has 166 valence electrons. The third kappa shape index (κ3) is 5.45. The van der Waals surface area contributed by atoms with Crippen LogP contribution in [-0.2, 0) is 4.79 Å². The molecule has 0 radical (unpaired) electrons. The lowest BCUT2D eigenvalue weighted by Gasteiger charge is -2.13. The van der Waals surface area contributed by atoms with E-state index < -0.39 is 0 Å². The molecule has 1 aromatic heterocycles. The second-order valence-electron chi connectivity index (χ2n) is 7.14. The third-order valence-electron chi connectivity index (χ3n) is 4.72. The summed E-state index contributed by atoms with van der Waals surface area (Å²) in [6, 6.07) is 19.7. The number of amides is 1. The monoisotopic (exact) mass is 496 g/mol. The number of para-hydroxylation sites is 1. The van der Waals surface area contributed by atoms with Crippen LogP contribution in [0, 0.1) is 6.92 Å². The van der Waals surface area contributed by atoms with Gasteiger partial charge in [0.15, 0.2) is 5.16 Å². The normalized spacial score (nSPS) is 11.2. The van der Waals surface area contributed by atoms with Crippen LogP contribution in [0.15, 0.2) is 81.8 Å². The van der Waals surface area contributed by atoms with Crippen LogP contribution in [0.4, 0.5) is 0 Å². The number of rotatable bonds is 6. The van der Waals surface area contributed by atoms with Crippen molar-refractivity contribution in [2.75, 3.05) is 5.75 Å². The average molecular weight is 497 g/mol. The molecule has 0 spiro atoms. The van der Waals surface area contributed by atoms with Gasteiger partial charge in [-0.15, -0.1) is 0 Å². The lowest BCUT2D eigenvalue weighted by molar-refractivity contribution is -0.118. The molecular formula is C24H18Cl2N4O2S. The van der Waals surface area contributed by atoms with Gasteiger partial charge in [0, 0.05) is 10.6 Å². The maximum atomic E-state index is 13.2. The number of carbonyl (C=O) groups excluding carboxylic acids is 1. The molecule has 0 saturated heterocycles. The number of benzene rings is 3. The van der Waals surface area contributed by atoms with Crippen LogP contribution in [0.2, 0.25) is 10.0 Å². The fourth-order valence-corrected chi connectivity index (χ4v) is 4.34. The lowest BCUT2D eigenvalue weighted by atomic mass is 10.2. The molecule has 9 heteroatoms. The van der Waals surface area contributed by atoms with Gasteiger partial charge in [-0.1, -0.05) is 70.9 Å². The summed E-state index contributed by atoms with van der Waals surface area (Å²) in [4.78, 5) is 30.2. The zero-order chi connectivity index (χ0) is 23.4. The van der Waals surface area contributed by atoms with Gasteiger partial charge >= 0.3 is 0 Å². The van der Waals surface area contributed by atoms with Gasteiger partial charge in [-0.05, 0) is 43.3 Å². The van der Waals surface area contributed by atoms with E-state index in [9.17, 15) is 9.59 Å². The summed E-state index contributed by atoms with van der Waals surface area (Å²) in [5.41, 5.74) is 5.23. The first-order valence-electron chi connectivity index (χ1n) is 9.91. The first-order valence-corrected chi connectivity index (χ1v) is 11.6. The van der Waals surface area contributed by atoms with Gasteiger partial charge < -0.3 is 0 Å². The predicted octanol–water partition coefficient (Wildman–Crippen LogP) is 5.24. The van der Waals surface area contributed by atoms with Crippen LogP contribution in [-0.4, -0.2) is 27.4 Å². The van der Waals surface area contributed by atoms with Crippen LogP contribution in [0.5, 0.6) is 0 Å². The number of halogens is 2.